The Labute approximate surface area is 234 Å². The van der Waals surface area contributed by atoms with Crippen molar-refractivity contribution in [3.05, 3.63) is 76.0 Å². The predicted octanol–water partition coefficient (Wildman–Crippen LogP) is 2.60. The van der Waals surface area contributed by atoms with Crippen LogP contribution in [0.2, 0.25) is 0 Å². The lowest BCUT2D eigenvalue weighted by atomic mass is 10.0. The third kappa shape index (κ3) is 5.19. The Balaban J connectivity index is 1.21. The maximum Gasteiger partial charge on any atom is 0.261 e. The van der Waals surface area contributed by atoms with Crippen molar-refractivity contribution in [1.29, 1.82) is 0 Å². The van der Waals surface area contributed by atoms with Crippen molar-refractivity contribution in [3.8, 4) is 17.1 Å². The first-order valence-electron chi connectivity index (χ1n) is 13.4. The smallest absolute Gasteiger partial charge is 0.261 e. The predicted molar refractivity (Wildman–Crippen MR) is 150 cm³/mol. The van der Waals surface area contributed by atoms with Gasteiger partial charge < -0.3 is 30.0 Å². The minimum absolute atomic E-state index is 0.0378. The molecule has 2 aromatic heterocycles. The zero-order valence-electron chi connectivity index (χ0n) is 22.3. The van der Waals surface area contributed by atoms with E-state index in [0.717, 1.165) is 25.9 Å². The van der Waals surface area contributed by atoms with Crippen molar-refractivity contribution in [2.24, 2.45) is 0 Å². The minimum atomic E-state index is -0.964. The van der Waals surface area contributed by atoms with Crippen LogP contribution in [0.1, 0.15) is 33.6 Å². The Kier molecular flexibility index (Phi) is 7.01. The Bertz CT molecular complexity index is 1640. The van der Waals surface area contributed by atoms with Gasteiger partial charge in [0, 0.05) is 24.8 Å². The number of imidazole rings is 1. The number of carbonyl (C=O) groups excluding carboxylic acids is 2. The normalized spacial score (nSPS) is 16.8. The monoisotopic (exact) mass is 560 g/mol. The second-order valence-corrected chi connectivity index (χ2v) is 10.4. The van der Waals surface area contributed by atoms with Gasteiger partial charge in [-0.2, -0.15) is 0 Å². The van der Waals surface area contributed by atoms with E-state index < -0.39 is 17.5 Å². The summed E-state index contributed by atoms with van der Waals surface area (Å²) in [5.74, 6) is -0.540. The van der Waals surface area contributed by atoms with Crippen molar-refractivity contribution in [1.82, 2.24) is 24.8 Å². The number of halogens is 1. The van der Waals surface area contributed by atoms with Gasteiger partial charge in [-0.05, 0) is 63.3 Å². The van der Waals surface area contributed by atoms with E-state index in [1.165, 1.54) is 29.3 Å². The number of nitrogens with one attached hydrogen (secondary N) is 3. The molecule has 0 bridgehead atoms. The van der Waals surface area contributed by atoms with Crippen LogP contribution in [0.15, 0.2) is 53.5 Å². The molecule has 0 radical (unpaired) electrons. The molecule has 4 heterocycles. The van der Waals surface area contributed by atoms with E-state index in [1.54, 1.807) is 24.3 Å². The number of anilines is 1. The fraction of sp³-hybridized carbons (Fsp3) is 0.310. The Hall–Kier alpha value is -4.55. The Morgan fingerprint density at radius 2 is 1.88 bits per heavy atom. The summed E-state index contributed by atoms with van der Waals surface area (Å²) in [7, 11) is 2.02. The maximum absolute atomic E-state index is 13.4. The number of nitrogens with zero attached hydrogens (tertiary/aromatic N) is 3. The number of fused-ring (bicyclic) bond motifs is 2. The minimum Gasteiger partial charge on any atom is -0.491 e. The third-order valence-corrected chi connectivity index (χ3v) is 7.54. The van der Waals surface area contributed by atoms with Gasteiger partial charge in [-0.15, -0.1) is 0 Å². The number of benzene rings is 2. The van der Waals surface area contributed by atoms with E-state index >= 15 is 0 Å². The van der Waals surface area contributed by atoms with Crippen LogP contribution in [0.25, 0.3) is 22.4 Å². The fourth-order valence-corrected chi connectivity index (χ4v) is 5.36. The van der Waals surface area contributed by atoms with Crippen molar-refractivity contribution in [2.45, 2.75) is 25.0 Å². The van der Waals surface area contributed by atoms with Crippen molar-refractivity contribution in [3.63, 3.8) is 0 Å². The highest BCUT2D eigenvalue weighted by molar-refractivity contribution is 6.23. The second kappa shape index (κ2) is 10.8. The number of ether oxygens (including phenoxy) is 1. The number of pyridine rings is 1. The van der Waals surface area contributed by atoms with E-state index in [0.29, 0.717) is 33.6 Å². The van der Waals surface area contributed by atoms with Crippen LogP contribution in [0.4, 0.5) is 10.1 Å². The van der Waals surface area contributed by atoms with E-state index in [9.17, 15) is 23.9 Å². The third-order valence-electron chi connectivity index (χ3n) is 7.54. The van der Waals surface area contributed by atoms with Gasteiger partial charge in [0.05, 0.1) is 27.8 Å². The van der Waals surface area contributed by atoms with Gasteiger partial charge in [-0.25, -0.2) is 9.37 Å². The molecule has 1 saturated heterocycles. The van der Waals surface area contributed by atoms with Crippen LogP contribution in [-0.2, 0) is 0 Å². The number of hydrogen-bond donors (Lipinski definition) is 4. The maximum atomic E-state index is 13.4. The first-order valence-corrected chi connectivity index (χ1v) is 13.4. The summed E-state index contributed by atoms with van der Waals surface area (Å²) in [5, 5.41) is 13.4. The molecule has 2 aromatic carbocycles. The van der Waals surface area contributed by atoms with Crippen LogP contribution in [0.5, 0.6) is 5.75 Å². The fourth-order valence-electron chi connectivity index (χ4n) is 5.36. The highest BCUT2D eigenvalue weighted by Crippen LogP contribution is 2.32. The largest absolute Gasteiger partial charge is 0.491 e. The molecule has 0 saturated carbocycles. The molecule has 0 aliphatic carbocycles. The number of rotatable bonds is 8. The summed E-state index contributed by atoms with van der Waals surface area (Å²) in [6, 6.07) is 10.3. The van der Waals surface area contributed by atoms with Crippen LogP contribution < -0.4 is 15.6 Å². The lowest BCUT2D eigenvalue weighted by molar-refractivity contribution is 0.0516. The molecule has 2 amide bonds. The first-order chi connectivity index (χ1) is 19.8. The molecule has 41 heavy (non-hydrogen) atoms. The first kappa shape index (κ1) is 26.7. The summed E-state index contributed by atoms with van der Waals surface area (Å²) < 4.78 is 18.8. The number of aliphatic hydroxyl groups excluding tert-OH is 1. The molecule has 1 fully saturated rings. The number of imide groups is 1. The highest BCUT2D eigenvalue weighted by atomic mass is 19.1. The molecule has 0 spiro atoms. The zero-order chi connectivity index (χ0) is 28.7. The number of piperidine rings is 1. The molecule has 6 rings (SSSR count). The van der Waals surface area contributed by atoms with Crippen LogP contribution in [0, 0.1) is 5.82 Å². The summed E-state index contributed by atoms with van der Waals surface area (Å²) in [4.78, 5) is 53.3. The van der Waals surface area contributed by atoms with Gasteiger partial charge in [0.25, 0.3) is 17.4 Å². The summed E-state index contributed by atoms with van der Waals surface area (Å²) in [6.45, 7) is 1.59. The summed E-state index contributed by atoms with van der Waals surface area (Å²) in [6.07, 6.45) is 1.98. The van der Waals surface area contributed by atoms with Crippen LogP contribution in [0.3, 0.4) is 0 Å². The van der Waals surface area contributed by atoms with Gasteiger partial charge in [-0.1, -0.05) is 6.07 Å². The number of aromatic nitrogens is 3. The Morgan fingerprint density at radius 3 is 2.63 bits per heavy atom. The molecular formula is C29H29FN6O5. The lowest BCUT2D eigenvalue weighted by Gasteiger charge is -2.33. The molecule has 11 nitrogen and oxygen atoms in total. The van der Waals surface area contributed by atoms with Gasteiger partial charge >= 0.3 is 0 Å². The number of aromatic amines is 2. The second-order valence-electron chi connectivity index (χ2n) is 10.4. The molecule has 2 aliphatic rings. The molecule has 1 unspecified atom stereocenters. The summed E-state index contributed by atoms with van der Waals surface area (Å²) >= 11 is 0. The van der Waals surface area contributed by atoms with Gasteiger partial charge in [0.15, 0.2) is 0 Å². The average molecular weight is 561 g/mol. The van der Waals surface area contributed by atoms with Crippen molar-refractivity contribution in [2.75, 3.05) is 38.6 Å². The number of amides is 2. The van der Waals surface area contributed by atoms with Crippen LogP contribution >= 0.6 is 0 Å². The number of carbonyl (C=O) groups is 2. The molecular weight excluding hydrogens is 531 g/mol. The molecule has 2 aliphatic heterocycles. The SMILES string of the molecule is CN1CCC(N2C(=O)c3cc4nc(-c5c(NCC(O)COc6cccc(F)c6)cc[nH]c5=O)[nH]c4cc3C2=O)CC1. The van der Waals surface area contributed by atoms with E-state index in [-0.39, 0.29) is 42.4 Å². The van der Waals surface area contributed by atoms with E-state index in [2.05, 4.69) is 25.2 Å². The number of likely N-dealkylation sites (tertiary alicyclic amines) is 1. The van der Waals surface area contributed by atoms with Crippen molar-refractivity contribution < 1.29 is 23.8 Å². The molecule has 212 valence electrons. The molecule has 4 aromatic rings. The Morgan fingerprint density at radius 1 is 1.12 bits per heavy atom. The standard InChI is InChI=1S/C29H29FN6O5/c1-35-9-6-17(7-10-35)36-28(39)20-12-23-24(13-21(20)29(36)40)34-26(33-23)25-22(5-8-31-27(25)38)32-14-18(37)15-41-19-4-2-3-16(30)11-19/h2-5,8,11-13,17-18,37H,6-7,9-10,14-15H2,1H3,(H,33,34)(H2,31,32,38). The number of hydrogen-bond acceptors (Lipinski definition) is 8. The average Bonchev–Trinajstić information content (AvgIpc) is 3.47. The van der Waals surface area contributed by atoms with Crippen LogP contribution in [-0.4, -0.2) is 87.1 Å². The van der Waals surface area contributed by atoms with E-state index in [4.69, 9.17) is 4.74 Å². The van der Waals surface area contributed by atoms with Gasteiger partial charge in [0.2, 0.25) is 0 Å². The number of aliphatic hydroxyl groups is 1. The topological polar surface area (TPSA) is 144 Å². The zero-order valence-corrected chi connectivity index (χ0v) is 22.3. The quantitative estimate of drug-likeness (QED) is 0.241. The molecule has 4 N–H and O–H groups in total. The highest BCUT2D eigenvalue weighted by Gasteiger charge is 2.41. The van der Waals surface area contributed by atoms with Gasteiger partial charge in [-0.3, -0.25) is 19.3 Å². The molecule has 1 atom stereocenters. The summed E-state index contributed by atoms with van der Waals surface area (Å²) in [5.41, 5.74) is 1.77. The molecule has 12 heteroatoms. The van der Waals surface area contributed by atoms with Gasteiger partial charge in [0.1, 0.15) is 35.7 Å². The lowest BCUT2D eigenvalue weighted by Crippen LogP contribution is -2.46. The van der Waals surface area contributed by atoms with E-state index in [1.807, 2.05) is 7.05 Å². The number of H-pyrrole nitrogens is 2. The van der Waals surface area contributed by atoms with Crippen molar-refractivity contribution >= 4 is 28.5 Å².